The second kappa shape index (κ2) is 2.62. The molecule has 0 saturated heterocycles. The first-order chi connectivity index (χ1) is 4.75. The van der Waals surface area contributed by atoms with Crippen molar-refractivity contribution in [1.29, 1.82) is 0 Å². The van der Waals surface area contributed by atoms with Crippen LogP contribution in [0.4, 0.5) is 10.1 Å². The van der Waals surface area contributed by atoms with Gasteiger partial charge in [-0.3, -0.25) is 4.98 Å². The molecule has 3 N–H and O–H groups in total. The molecule has 0 spiro atoms. The van der Waals surface area contributed by atoms with Gasteiger partial charge in [0, 0.05) is 6.20 Å². The molecular weight excluding hydrogens is 135 g/mol. The highest BCUT2D eigenvalue weighted by Gasteiger charge is 2.03. The Balaban J connectivity index is 3.14. The van der Waals surface area contributed by atoms with Crippen molar-refractivity contribution in [2.75, 3.05) is 5.73 Å². The number of aromatic nitrogens is 1. The van der Waals surface area contributed by atoms with Crippen molar-refractivity contribution >= 4 is 5.69 Å². The predicted molar refractivity (Wildman–Crippen MR) is 34.5 cm³/mol. The van der Waals surface area contributed by atoms with Gasteiger partial charge in [-0.25, -0.2) is 4.39 Å². The Kier molecular flexibility index (Phi) is 1.82. The number of aliphatic hydroxyl groups is 1. The maximum Gasteiger partial charge on any atom is 0.169 e. The van der Waals surface area contributed by atoms with E-state index in [9.17, 15) is 4.39 Å². The highest BCUT2D eigenvalue weighted by atomic mass is 19.1. The number of aliphatic hydroxyl groups excluding tert-OH is 1. The van der Waals surface area contributed by atoms with Crippen molar-refractivity contribution in [3.05, 3.63) is 23.8 Å². The van der Waals surface area contributed by atoms with Gasteiger partial charge in [-0.1, -0.05) is 0 Å². The van der Waals surface area contributed by atoms with Crippen LogP contribution in [0.1, 0.15) is 5.69 Å². The van der Waals surface area contributed by atoms with Crippen molar-refractivity contribution < 1.29 is 9.50 Å². The minimum absolute atomic E-state index is 0.0130. The molecule has 10 heavy (non-hydrogen) atoms. The number of anilines is 1. The van der Waals surface area contributed by atoms with Crippen molar-refractivity contribution in [1.82, 2.24) is 4.98 Å². The lowest BCUT2D eigenvalue weighted by Crippen LogP contribution is -1.98. The summed E-state index contributed by atoms with van der Waals surface area (Å²) in [7, 11) is 0. The van der Waals surface area contributed by atoms with Crippen LogP contribution in [-0.4, -0.2) is 10.1 Å². The first-order valence-electron chi connectivity index (χ1n) is 2.75. The fraction of sp³-hybridized carbons (Fsp3) is 0.167. The van der Waals surface area contributed by atoms with Crippen molar-refractivity contribution in [3.8, 4) is 0 Å². The summed E-state index contributed by atoms with van der Waals surface area (Å²) < 4.78 is 12.7. The van der Waals surface area contributed by atoms with E-state index in [1.54, 1.807) is 0 Å². The zero-order chi connectivity index (χ0) is 7.56. The molecule has 0 aromatic carbocycles. The van der Waals surface area contributed by atoms with Crippen molar-refractivity contribution in [3.63, 3.8) is 0 Å². The number of hydrogen-bond acceptors (Lipinski definition) is 3. The molecular formula is C6H7FN2O. The summed E-state index contributed by atoms with van der Waals surface area (Å²) in [5, 5.41) is 8.48. The molecule has 1 rings (SSSR count). The Morgan fingerprint density at radius 3 is 2.90 bits per heavy atom. The third kappa shape index (κ3) is 1.06. The Morgan fingerprint density at radius 2 is 2.40 bits per heavy atom. The van der Waals surface area contributed by atoms with E-state index in [1.807, 2.05) is 0 Å². The molecule has 0 saturated carbocycles. The zero-order valence-corrected chi connectivity index (χ0v) is 5.21. The summed E-state index contributed by atoms with van der Waals surface area (Å²) >= 11 is 0. The molecule has 0 aliphatic heterocycles. The maximum absolute atomic E-state index is 12.7. The second-order valence-electron chi connectivity index (χ2n) is 1.82. The van der Waals surface area contributed by atoms with Crippen LogP contribution in [0.2, 0.25) is 0 Å². The third-order valence-corrected chi connectivity index (χ3v) is 1.14. The number of hydrogen-bond donors (Lipinski definition) is 2. The van der Waals surface area contributed by atoms with E-state index in [-0.39, 0.29) is 11.4 Å². The van der Waals surface area contributed by atoms with Gasteiger partial charge < -0.3 is 10.8 Å². The smallest absolute Gasteiger partial charge is 0.169 e. The molecule has 0 aliphatic carbocycles. The molecule has 0 unspecified atom stereocenters. The van der Waals surface area contributed by atoms with E-state index in [0.717, 1.165) is 0 Å². The van der Waals surface area contributed by atoms with E-state index < -0.39 is 12.4 Å². The zero-order valence-electron chi connectivity index (χ0n) is 5.21. The van der Waals surface area contributed by atoms with Crippen LogP contribution >= 0.6 is 0 Å². The lowest BCUT2D eigenvalue weighted by Gasteiger charge is -1.98. The molecule has 1 heterocycles. The van der Waals surface area contributed by atoms with E-state index in [0.29, 0.717) is 0 Å². The number of halogens is 1. The van der Waals surface area contributed by atoms with Crippen LogP contribution in [0.5, 0.6) is 0 Å². The fourth-order valence-electron chi connectivity index (χ4n) is 0.614. The number of nitrogens with zero attached hydrogens (tertiary/aromatic N) is 1. The molecule has 0 atom stereocenters. The van der Waals surface area contributed by atoms with Gasteiger partial charge in [0.05, 0.1) is 12.3 Å². The van der Waals surface area contributed by atoms with Gasteiger partial charge >= 0.3 is 0 Å². The number of nitrogen functional groups attached to an aromatic ring is 1. The summed E-state index contributed by atoms with van der Waals surface area (Å²) in [6.07, 6.45) is 1.35. The summed E-state index contributed by atoms with van der Waals surface area (Å²) in [6.45, 7) is -0.420. The first-order valence-corrected chi connectivity index (χ1v) is 2.75. The van der Waals surface area contributed by atoms with Crippen LogP contribution in [0.25, 0.3) is 0 Å². The minimum atomic E-state index is -0.634. The summed E-state index contributed by atoms with van der Waals surface area (Å²) in [4.78, 5) is 3.55. The van der Waals surface area contributed by atoms with Gasteiger partial charge in [0.25, 0.3) is 0 Å². The first kappa shape index (κ1) is 6.95. The Hall–Kier alpha value is -1.16. The predicted octanol–water partition coefficient (Wildman–Crippen LogP) is 0.295. The third-order valence-electron chi connectivity index (χ3n) is 1.14. The van der Waals surface area contributed by atoms with E-state index in [4.69, 9.17) is 10.8 Å². The number of pyridine rings is 1. The van der Waals surface area contributed by atoms with Gasteiger partial charge in [-0.05, 0) is 6.07 Å². The van der Waals surface area contributed by atoms with Crippen LogP contribution in [-0.2, 0) is 6.61 Å². The lowest BCUT2D eigenvalue weighted by molar-refractivity contribution is 0.270. The standard InChI is InChI=1S/C6H7FN2O/c7-6-4(8)1-2-9-5(6)3-10/h1-2,10H,3H2,(H2,8,9). The number of nitrogens with two attached hydrogens (primary N) is 1. The van der Waals surface area contributed by atoms with E-state index in [2.05, 4.69) is 4.98 Å². The van der Waals surface area contributed by atoms with Gasteiger partial charge in [-0.2, -0.15) is 0 Å². The molecule has 4 heteroatoms. The Morgan fingerprint density at radius 1 is 1.70 bits per heavy atom. The van der Waals surface area contributed by atoms with E-state index in [1.165, 1.54) is 12.3 Å². The Bertz CT molecular complexity index is 239. The summed E-state index contributed by atoms with van der Waals surface area (Å²) in [5.74, 6) is -0.634. The molecule has 0 aliphatic rings. The molecule has 0 bridgehead atoms. The average molecular weight is 142 g/mol. The molecule has 1 aromatic heterocycles. The highest BCUT2D eigenvalue weighted by Crippen LogP contribution is 2.10. The lowest BCUT2D eigenvalue weighted by atomic mass is 10.3. The maximum atomic E-state index is 12.7. The van der Waals surface area contributed by atoms with Crippen LogP contribution in [0, 0.1) is 5.82 Å². The molecule has 0 fully saturated rings. The van der Waals surface area contributed by atoms with E-state index >= 15 is 0 Å². The van der Waals surface area contributed by atoms with Gasteiger partial charge in [0.15, 0.2) is 5.82 Å². The fourth-order valence-corrected chi connectivity index (χ4v) is 0.614. The van der Waals surface area contributed by atoms with Crippen molar-refractivity contribution in [2.45, 2.75) is 6.61 Å². The average Bonchev–Trinajstić information content (AvgIpc) is 1.95. The quantitative estimate of drug-likeness (QED) is 0.592. The minimum Gasteiger partial charge on any atom is -0.396 e. The monoisotopic (exact) mass is 142 g/mol. The van der Waals surface area contributed by atoms with Gasteiger partial charge in [-0.15, -0.1) is 0 Å². The largest absolute Gasteiger partial charge is 0.396 e. The van der Waals surface area contributed by atoms with Gasteiger partial charge in [0.1, 0.15) is 5.69 Å². The van der Waals surface area contributed by atoms with Crippen LogP contribution in [0.3, 0.4) is 0 Å². The Labute approximate surface area is 57.3 Å². The summed E-state index contributed by atoms with van der Waals surface area (Å²) in [5.41, 5.74) is 5.17. The number of rotatable bonds is 1. The molecule has 3 nitrogen and oxygen atoms in total. The normalized spacial score (nSPS) is 9.80. The topological polar surface area (TPSA) is 59.1 Å². The highest BCUT2D eigenvalue weighted by molar-refractivity contribution is 5.39. The van der Waals surface area contributed by atoms with Crippen LogP contribution < -0.4 is 5.73 Å². The van der Waals surface area contributed by atoms with Crippen LogP contribution in [0.15, 0.2) is 12.3 Å². The summed E-state index contributed by atoms with van der Waals surface area (Å²) in [6, 6.07) is 1.34. The SMILES string of the molecule is Nc1ccnc(CO)c1F. The molecule has 0 amide bonds. The molecule has 54 valence electrons. The van der Waals surface area contributed by atoms with Gasteiger partial charge in [0.2, 0.25) is 0 Å². The second-order valence-corrected chi connectivity index (χ2v) is 1.82. The molecule has 0 radical (unpaired) electrons. The van der Waals surface area contributed by atoms with Crippen molar-refractivity contribution in [2.24, 2.45) is 0 Å². The molecule has 1 aromatic rings.